The molecule has 3 nitrogen and oxygen atoms in total. The Hall–Kier alpha value is -1.09. The van der Waals surface area contributed by atoms with Crippen molar-refractivity contribution in [1.29, 1.82) is 0 Å². The summed E-state index contributed by atoms with van der Waals surface area (Å²) in [5.74, 6) is 1.18. The first kappa shape index (κ1) is 14.3. The van der Waals surface area contributed by atoms with Crippen LogP contribution in [0.2, 0.25) is 0 Å². The molecule has 3 heteroatoms. The zero-order valence-corrected chi connectivity index (χ0v) is 12.6. The second-order valence-corrected chi connectivity index (χ2v) is 5.71. The van der Waals surface area contributed by atoms with Crippen LogP contribution in [-0.2, 0) is 6.54 Å². The molecule has 1 aliphatic rings. The van der Waals surface area contributed by atoms with E-state index >= 15 is 0 Å². The van der Waals surface area contributed by atoms with Gasteiger partial charge in [0.1, 0.15) is 5.82 Å². The van der Waals surface area contributed by atoms with Gasteiger partial charge in [0.15, 0.2) is 0 Å². The minimum Gasteiger partial charge on any atom is -0.356 e. The minimum atomic E-state index is 0.578. The number of piperidine rings is 1. The maximum Gasteiger partial charge on any atom is 0.133 e. The molecule has 19 heavy (non-hydrogen) atoms. The number of nitrogens with one attached hydrogen (secondary N) is 1. The Morgan fingerprint density at radius 1 is 1.26 bits per heavy atom. The predicted molar refractivity (Wildman–Crippen MR) is 81.5 cm³/mol. The second kappa shape index (κ2) is 6.38. The molecule has 0 aliphatic carbocycles. The highest BCUT2D eigenvalue weighted by atomic mass is 15.2. The van der Waals surface area contributed by atoms with Crippen molar-refractivity contribution in [1.82, 2.24) is 10.3 Å². The van der Waals surface area contributed by atoms with Gasteiger partial charge in [0, 0.05) is 31.4 Å². The molecule has 1 fully saturated rings. The first-order valence-electron chi connectivity index (χ1n) is 7.58. The van der Waals surface area contributed by atoms with Crippen LogP contribution >= 0.6 is 0 Å². The Kier molecular flexibility index (Phi) is 4.81. The van der Waals surface area contributed by atoms with Crippen LogP contribution in [0.15, 0.2) is 18.3 Å². The molecule has 1 aromatic heterocycles. The van der Waals surface area contributed by atoms with Crippen molar-refractivity contribution in [2.24, 2.45) is 5.41 Å². The fourth-order valence-electron chi connectivity index (χ4n) is 3.19. The van der Waals surface area contributed by atoms with Crippen LogP contribution in [0.1, 0.15) is 45.1 Å². The number of hydrogen-bond acceptors (Lipinski definition) is 3. The van der Waals surface area contributed by atoms with Gasteiger partial charge in [-0.05, 0) is 31.4 Å². The van der Waals surface area contributed by atoms with E-state index in [0.717, 1.165) is 19.6 Å². The third kappa shape index (κ3) is 3.08. The van der Waals surface area contributed by atoms with E-state index in [9.17, 15) is 0 Å². The van der Waals surface area contributed by atoms with Crippen molar-refractivity contribution >= 4 is 5.82 Å². The molecule has 0 unspecified atom stereocenters. The Bertz CT molecular complexity index is 389. The second-order valence-electron chi connectivity index (χ2n) is 5.71. The van der Waals surface area contributed by atoms with Crippen molar-refractivity contribution in [2.75, 3.05) is 25.0 Å². The summed E-state index contributed by atoms with van der Waals surface area (Å²) in [5, 5.41) is 3.24. The Morgan fingerprint density at radius 2 is 1.95 bits per heavy atom. The summed E-state index contributed by atoms with van der Waals surface area (Å²) < 4.78 is 0. The van der Waals surface area contributed by atoms with Crippen molar-refractivity contribution in [3.05, 3.63) is 23.9 Å². The van der Waals surface area contributed by atoms with Gasteiger partial charge >= 0.3 is 0 Å². The van der Waals surface area contributed by atoms with Crippen LogP contribution in [0, 0.1) is 5.41 Å². The third-order valence-electron chi connectivity index (χ3n) is 4.86. The molecule has 1 saturated heterocycles. The monoisotopic (exact) mass is 261 g/mol. The molecule has 0 saturated carbocycles. The van der Waals surface area contributed by atoms with Crippen LogP contribution in [0.4, 0.5) is 5.82 Å². The number of pyridine rings is 1. The van der Waals surface area contributed by atoms with Crippen LogP contribution in [0.25, 0.3) is 0 Å². The molecular weight excluding hydrogens is 234 g/mol. The lowest BCUT2D eigenvalue weighted by Gasteiger charge is -2.42. The van der Waals surface area contributed by atoms with Gasteiger partial charge in [0.05, 0.1) is 0 Å². The molecule has 0 aromatic carbocycles. The Balaban J connectivity index is 2.09. The van der Waals surface area contributed by atoms with Gasteiger partial charge in [0.25, 0.3) is 0 Å². The molecule has 106 valence electrons. The number of aromatic nitrogens is 1. The van der Waals surface area contributed by atoms with Crippen molar-refractivity contribution in [3.63, 3.8) is 0 Å². The zero-order valence-electron chi connectivity index (χ0n) is 12.6. The van der Waals surface area contributed by atoms with E-state index in [1.807, 2.05) is 19.3 Å². The summed E-state index contributed by atoms with van der Waals surface area (Å²) in [6.07, 6.45) is 7.13. The summed E-state index contributed by atoms with van der Waals surface area (Å²) >= 11 is 0. The van der Waals surface area contributed by atoms with E-state index in [1.165, 1.54) is 37.1 Å². The molecule has 0 radical (unpaired) electrons. The topological polar surface area (TPSA) is 28.2 Å². The average Bonchev–Trinajstić information content (AvgIpc) is 2.48. The van der Waals surface area contributed by atoms with E-state index in [4.69, 9.17) is 0 Å². The molecule has 0 atom stereocenters. The smallest absolute Gasteiger partial charge is 0.133 e. The highest BCUT2D eigenvalue weighted by molar-refractivity contribution is 5.47. The molecule has 0 spiro atoms. The molecular formula is C16H27N3. The highest BCUT2D eigenvalue weighted by Gasteiger charge is 2.32. The first-order chi connectivity index (χ1) is 9.24. The van der Waals surface area contributed by atoms with Crippen LogP contribution in [0.5, 0.6) is 0 Å². The first-order valence-corrected chi connectivity index (χ1v) is 7.58. The Labute approximate surface area is 117 Å². The summed E-state index contributed by atoms with van der Waals surface area (Å²) in [6.45, 7) is 7.87. The van der Waals surface area contributed by atoms with Gasteiger partial charge < -0.3 is 10.2 Å². The van der Waals surface area contributed by atoms with Crippen molar-refractivity contribution in [3.8, 4) is 0 Å². The van der Waals surface area contributed by atoms with Crippen LogP contribution < -0.4 is 10.2 Å². The van der Waals surface area contributed by atoms with Gasteiger partial charge in [0.2, 0.25) is 0 Å². The maximum absolute atomic E-state index is 4.61. The lowest BCUT2D eigenvalue weighted by molar-refractivity contribution is 0.199. The van der Waals surface area contributed by atoms with Crippen molar-refractivity contribution in [2.45, 2.75) is 46.1 Å². The van der Waals surface area contributed by atoms with Gasteiger partial charge in [-0.2, -0.15) is 0 Å². The number of nitrogens with zero attached hydrogens (tertiary/aromatic N) is 2. The quantitative estimate of drug-likeness (QED) is 0.882. The van der Waals surface area contributed by atoms with Gasteiger partial charge in [-0.1, -0.05) is 32.8 Å². The summed E-state index contributed by atoms with van der Waals surface area (Å²) in [5.41, 5.74) is 1.89. The van der Waals surface area contributed by atoms with E-state index in [2.05, 4.69) is 35.1 Å². The van der Waals surface area contributed by atoms with Crippen LogP contribution in [-0.4, -0.2) is 25.1 Å². The largest absolute Gasteiger partial charge is 0.356 e. The molecule has 1 aromatic rings. The standard InChI is InChI=1S/C16H27N3/c1-4-16(5-2)8-11-19(12-9-16)15-14(13-17-3)7-6-10-18-15/h6-7,10,17H,4-5,8-9,11-13H2,1-3H3. The van der Waals surface area contributed by atoms with Gasteiger partial charge in [-0.3, -0.25) is 0 Å². The van der Waals surface area contributed by atoms with Gasteiger partial charge in [-0.25, -0.2) is 4.98 Å². The third-order valence-corrected chi connectivity index (χ3v) is 4.86. The average molecular weight is 261 g/mol. The SMILES string of the molecule is CCC1(CC)CCN(c2ncccc2CNC)CC1. The fraction of sp³-hybridized carbons (Fsp3) is 0.688. The van der Waals surface area contributed by atoms with E-state index < -0.39 is 0 Å². The number of rotatable bonds is 5. The lowest BCUT2D eigenvalue weighted by Crippen LogP contribution is -2.40. The molecule has 1 N–H and O–H groups in total. The van der Waals surface area contributed by atoms with E-state index in [-0.39, 0.29) is 0 Å². The number of hydrogen-bond donors (Lipinski definition) is 1. The lowest BCUT2D eigenvalue weighted by atomic mass is 9.74. The summed E-state index contributed by atoms with van der Waals surface area (Å²) in [4.78, 5) is 7.07. The normalized spacial score (nSPS) is 18.6. The van der Waals surface area contributed by atoms with Gasteiger partial charge in [-0.15, -0.1) is 0 Å². The minimum absolute atomic E-state index is 0.578. The van der Waals surface area contributed by atoms with Crippen molar-refractivity contribution < 1.29 is 0 Å². The fourth-order valence-corrected chi connectivity index (χ4v) is 3.19. The maximum atomic E-state index is 4.61. The number of anilines is 1. The molecule has 2 rings (SSSR count). The molecule has 0 bridgehead atoms. The molecule has 2 heterocycles. The summed E-state index contributed by atoms with van der Waals surface area (Å²) in [7, 11) is 1.99. The summed E-state index contributed by atoms with van der Waals surface area (Å²) in [6, 6.07) is 4.21. The highest BCUT2D eigenvalue weighted by Crippen LogP contribution is 2.39. The zero-order chi connectivity index (χ0) is 13.7. The van der Waals surface area contributed by atoms with E-state index in [1.54, 1.807) is 0 Å². The molecule has 0 amide bonds. The van der Waals surface area contributed by atoms with E-state index in [0.29, 0.717) is 5.41 Å². The predicted octanol–water partition coefficient (Wildman–Crippen LogP) is 3.21. The Morgan fingerprint density at radius 3 is 2.53 bits per heavy atom. The molecule has 1 aliphatic heterocycles. The van der Waals surface area contributed by atoms with Crippen LogP contribution in [0.3, 0.4) is 0 Å².